The van der Waals surface area contributed by atoms with Gasteiger partial charge in [-0.1, -0.05) is 12.1 Å². The number of ether oxygens (including phenoxy) is 1. The van der Waals surface area contributed by atoms with E-state index in [1.54, 1.807) is 19.4 Å². The molecule has 0 aliphatic heterocycles. The number of aromatic nitrogens is 1. The molecule has 0 bridgehead atoms. The van der Waals surface area contributed by atoms with Crippen LogP contribution >= 0.6 is 0 Å². The quantitative estimate of drug-likeness (QED) is 0.765. The second kappa shape index (κ2) is 4.45. The Morgan fingerprint density at radius 2 is 2.12 bits per heavy atom. The molecule has 0 saturated heterocycles. The molecule has 0 amide bonds. The normalized spacial score (nSPS) is 9.50. The summed E-state index contributed by atoms with van der Waals surface area (Å²) in [5.74, 6) is 0.795. The van der Waals surface area contributed by atoms with E-state index >= 15 is 0 Å². The van der Waals surface area contributed by atoms with Crippen LogP contribution < -0.4 is 4.74 Å². The standard InChI is InChI=1S/C13H10N2O/c1-16-12-4-2-3-11(7-12)13-6-5-10(8-14)9-15-13/h2-7,9H,1H3. The maximum atomic E-state index is 8.67. The fraction of sp³-hybridized carbons (Fsp3) is 0.0769. The summed E-state index contributed by atoms with van der Waals surface area (Å²) in [6.07, 6.45) is 1.56. The van der Waals surface area contributed by atoms with Crippen molar-refractivity contribution in [1.82, 2.24) is 4.98 Å². The van der Waals surface area contributed by atoms with Crippen LogP contribution in [0.5, 0.6) is 5.75 Å². The lowest BCUT2D eigenvalue weighted by molar-refractivity contribution is 0.415. The Hall–Kier alpha value is -2.34. The first-order valence-electron chi connectivity index (χ1n) is 4.84. The summed E-state index contributed by atoms with van der Waals surface area (Å²) in [5, 5.41) is 8.67. The number of hydrogen-bond acceptors (Lipinski definition) is 3. The first-order chi connectivity index (χ1) is 7.83. The molecule has 0 N–H and O–H groups in total. The van der Waals surface area contributed by atoms with Gasteiger partial charge < -0.3 is 4.74 Å². The number of pyridine rings is 1. The molecule has 1 heterocycles. The van der Waals surface area contributed by atoms with Crippen molar-refractivity contribution >= 4 is 0 Å². The molecule has 0 saturated carbocycles. The molecule has 2 aromatic rings. The fourth-order valence-electron chi connectivity index (χ4n) is 1.41. The van der Waals surface area contributed by atoms with Crippen molar-refractivity contribution in [3.8, 4) is 23.1 Å². The third kappa shape index (κ3) is 2.01. The summed E-state index contributed by atoms with van der Waals surface area (Å²) in [5.41, 5.74) is 2.37. The minimum absolute atomic E-state index is 0.562. The van der Waals surface area contributed by atoms with Gasteiger partial charge in [0.15, 0.2) is 0 Å². The lowest BCUT2D eigenvalue weighted by Crippen LogP contribution is -1.86. The SMILES string of the molecule is COc1cccc(-c2ccc(C#N)cn2)c1. The molecular formula is C13H10N2O. The van der Waals surface area contributed by atoms with Crippen molar-refractivity contribution in [2.24, 2.45) is 0 Å². The van der Waals surface area contributed by atoms with Gasteiger partial charge in [0.2, 0.25) is 0 Å². The molecule has 0 spiro atoms. The van der Waals surface area contributed by atoms with E-state index in [2.05, 4.69) is 4.98 Å². The molecule has 78 valence electrons. The zero-order valence-corrected chi connectivity index (χ0v) is 8.84. The molecule has 0 atom stereocenters. The maximum Gasteiger partial charge on any atom is 0.119 e. The molecule has 3 heteroatoms. The number of rotatable bonds is 2. The van der Waals surface area contributed by atoms with Crippen molar-refractivity contribution < 1.29 is 4.74 Å². The summed E-state index contributed by atoms with van der Waals surface area (Å²) in [6.45, 7) is 0. The van der Waals surface area contributed by atoms with E-state index in [1.165, 1.54) is 0 Å². The third-order valence-corrected chi connectivity index (χ3v) is 2.26. The highest BCUT2D eigenvalue weighted by molar-refractivity contribution is 5.61. The van der Waals surface area contributed by atoms with Crippen LogP contribution in [0.2, 0.25) is 0 Å². The predicted octanol–water partition coefficient (Wildman–Crippen LogP) is 2.63. The third-order valence-electron chi connectivity index (χ3n) is 2.26. The monoisotopic (exact) mass is 210 g/mol. The van der Waals surface area contributed by atoms with Crippen molar-refractivity contribution in [1.29, 1.82) is 5.26 Å². The molecule has 0 fully saturated rings. The van der Waals surface area contributed by atoms with Crippen molar-refractivity contribution in [2.75, 3.05) is 7.11 Å². The molecule has 3 nitrogen and oxygen atoms in total. The van der Waals surface area contributed by atoms with Gasteiger partial charge >= 0.3 is 0 Å². The maximum absolute atomic E-state index is 8.67. The number of hydrogen-bond donors (Lipinski definition) is 0. The van der Waals surface area contributed by atoms with E-state index in [-0.39, 0.29) is 0 Å². The first kappa shape index (κ1) is 10.2. The van der Waals surface area contributed by atoms with Crippen LogP contribution in [0.4, 0.5) is 0 Å². The first-order valence-corrected chi connectivity index (χ1v) is 4.84. The number of benzene rings is 1. The van der Waals surface area contributed by atoms with E-state index in [4.69, 9.17) is 10.00 Å². The molecule has 0 aliphatic rings. The average molecular weight is 210 g/mol. The Kier molecular flexibility index (Phi) is 2.84. The zero-order valence-electron chi connectivity index (χ0n) is 8.84. The lowest BCUT2D eigenvalue weighted by atomic mass is 10.1. The van der Waals surface area contributed by atoms with Gasteiger partial charge in [-0.25, -0.2) is 0 Å². The second-order valence-corrected chi connectivity index (χ2v) is 3.28. The Morgan fingerprint density at radius 3 is 2.75 bits per heavy atom. The van der Waals surface area contributed by atoms with E-state index in [0.717, 1.165) is 17.0 Å². The number of nitriles is 1. The summed E-state index contributed by atoms with van der Waals surface area (Å²) in [4.78, 5) is 4.22. The second-order valence-electron chi connectivity index (χ2n) is 3.28. The highest BCUT2D eigenvalue weighted by Crippen LogP contribution is 2.21. The van der Waals surface area contributed by atoms with Gasteiger partial charge in [0.1, 0.15) is 11.8 Å². The fourth-order valence-corrected chi connectivity index (χ4v) is 1.41. The highest BCUT2D eigenvalue weighted by Gasteiger charge is 2.00. The Morgan fingerprint density at radius 1 is 1.25 bits per heavy atom. The molecule has 16 heavy (non-hydrogen) atoms. The molecule has 0 radical (unpaired) electrons. The largest absolute Gasteiger partial charge is 0.497 e. The number of nitrogens with zero attached hydrogens (tertiary/aromatic N) is 2. The Bertz CT molecular complexity index is 526. The number of methoxy groups -OCH3 is 1. The van der Waals surface area contributed by atoms with Crippen LogP contribution in [0.15, 0.2) is 42.6 Å². The molecule has 1 aromatic carbocycles. The van der Waals surface area contributed by atoms with Crippen LogP contribution in [0.3, 0.4) is 0 Å². The Balaban J connectivity index is 2.39. The van der Waals surface area contributed by atoms with Crippen LogP contribution in [0, 0.1) is 11.3 Å². The lowest BCUT2D eigenvalue weighted by Gasteiger charge is -2.03. The van der Waals surface area contributed by atoms with E-state index in [9.17, 15) is 0 Å². The summed E-state index contributed by atoms with van der Waals surface area (Å²) >= 11 is 0. The van der Waals surface area contributed by atoms with Gasteiger partial charge in [-0.3, -0.25) is 4.98 Å². The zero-order chi connectivity index (χ0) is 11.4. The summed E-state index contributed by atoms with van der Waals surface area (Å²) < 4.78 is 5.14. The Labute approximate surface area is 93.9 Å². The smallest absolute Gasteiger partial charge is 0.119 e. The van der Waals surface area contributed by atoms with Crippen molar-refractivity contribution in [3.63, 3.8) is 0 Å². The van der Waals surface area contributed by atoms with Crippen LogP contribution in [0.1, 0.15) is 5.56 Å². The predicted molar refractivity (Wildman–Crippen MR) is 60.9 cm³/mol. The van der Waals surface area contributed by atoms with Crippen LogP contribution in [-0.2, 0) is 0 Å². The van der Waals surface area contributed by atoms with Gasteiger partial charge in [-0.05, 0) is 24.3 Å². The molecule has 1 aromatic heterocycles. The van der Waals surface area contributed by atoms with E-state index in [0.29, 0.717) is 5.56 Å². The minimum Gasteiger partial charge on any atom is -0.497 e. The topological polar surface area (TPSA) is 45.9 Å². The van der Waals surface area contributed by atoms with E-state index in [1.807, 2.05) is 36.4 Å². The van der Waals surface area contributed by atoms with Gasteiger partial charge in [-0.15, -0.1) is 0 Å². The van der Waals surface area contributed by atoms with Gasteiger partial charge in [0.05, 0.1) is 18.4 Å². The molecule has 0 unspecified atom stereocenters. The molecule has 2 rings (SSSR count). The van der Waals surface area contributed by atoms with Crippen LogP contribution in [0.25, 0.3) is 11.3 Å². The summed E-state index contributed by atoms with van der Waals surface area (Å²) in [6, 6.07) is 13.3. The van der Waals surface area contributed by atoms with Gasteiger partial charge in [-0.2, -0.15) is 5.26 Å². The molecular weight excluding hydrogens is 200 g/mol. The van der Waals surface area contributed by atoms with E-state index < -0.39 is 0 Å². The van der Waals surface area contributed by atoms with Crippen molar-refractivity contribution in [3.05, 3.63) is 48.2 Å². The summed E-state index contributed by atoms with van der Waals surface area (Å²) in [7, 11) is 1.63. The highest BCUT2D eigenvalue weighted by atomic mass is 16.5. The van der Waals surface area contributed by atoms with Gasteiger partial charge in [0.25, 0.3) is 0 Å². The van der Waals surface area contributed by atoms with Crippen molar-refractivity contribution in [2.45, 2.75) is 0 Å². The van der Waals surface area contributed by atoms with Crippen LogP contribution in [-0.4, -0.2) is 12.1 Å². The minimum atomic E-state index is 0.562. The average Bonchev–Trinajstić information content (AvgIpc) is 2.39. The molecule has 0 aliphatic carbocycles. The van der Waals surface area contributed by atoms with Gasteiger partial charge in [0, 0.05) is 11.8 Å².